The Hall–Kier alpha value is -2.28. The van der Waals surface area contributed by atoms with Gasteiger partial charge in [-0.05, 0) is 45.2 Å². The predicted molar refractivity (Wildman–Crippen MR) is 117 cm³/mol. The number of hydrogen-bond acceptors (Lipinski definition) is 5. The fourth-order valence-corrected chi connectivity index (χ4v) is 3.69. The van der Waals surface area contributed by atoms with Crippen molar-refractivity contribution in [1.82, 2.24) is 15.2 Å². The van der Waals surface area contributed by atoms with Crippen LogP contribution < -0.4 is 14.8 Å². The summed E-state index contributed by atoms with van der Waals surface area (Å²) in [6.45, 7) is 6.47. The topological polar surface area (TPSA) is 59.0 Å². The van der Waals surface area contributed by atoms with Crippen molar-refractivity contribution in [1.29, 1.82) is 0 Å². The Balaban J connectivity index is 1.91. The minimum absolute atomic E-state index is 0.706. The lowest BCUT2D eigenvalue weighted by atomic mass is 10.2. The maximum absolute atomic E-state index is 5.51. The average molecular weight is 405 g/mol. The van der Waals surface area contributed by atoms with Crippen LogP contribution in [0.4, 0.5) is 0 Å². The molecule has 0 unspecified atom stereocenters. The van der Waals surface area contributed by atoms with Crippen LogP contribution in [0.2, 0.25) is 0 Å². The fraction of sp³-hybridized carbons (Fsp3) is 0.524. The van der Waals surface area contributed by atoms with E-state index in [2.05, 4.69) is 27.5 Å². The third-order valence-corrected chi connectivity index (χ3v) is 5.35. The molecular formula is C21H32N4O2S. The van der Waals surface area contributed by atoms with Crippen LogP contribution in [-0.2, 0) is 13.0 Å². The van der Waals surface area contributed by atoms with Gasteiger partial charge < -0.3 is 19.7 Å². The summed E-state index contributed by atoms with van der Waals surface area (Å²) >= 11 is 1.75. The Morgan fingerprint density at radius 2 is 2.07 bits per heavy atom. The zero-order valence-corrected chi connectivity index (χ0v) is 18.4. The molecule has 0 saturated heterocycles. The van der Waals surface area contributed by atoms with Gasteiger partial charge in [0.1, 0.15) is 11.5 Å². The lowest BCUT2D eigenvalue weighted by Crippen LogP contribution is -2.38. The van der Waals surface area contributed by atoms with E-state index in [1.807, 2.05) is 32.2 Å². The minimum Gasteiger partial charge on any atom is -0.497 e. The number of unbranched alkanes of at least 4 members (excludes halogenated alkanes) is 1. The number of aromatic nitrogens is 1. The van der Waals surface area contributed by atoms with Crippen LogP contribution in [0.5, 0.6) is 11.5 Å². The maximum Gasteiger partial charge on any atom is 0.193 e. The summed E-state index contributed by atoms with van der Waals surface area (Å²) in [6.07, 6.45) is 3.18. The number of nitrogens with one attached hydrogen (secondary N) is 1. The number of methoxy groups -OCH3 is 2. The van der Waals surface area contributed by atoms with E-state index in [1.165, 1.54) is 5.01 Å². The third-order valence-electron chi connectivity index (χ3n) is 4.33. The van der Waals surface area contributed by atoms with Gasteiger partial charge in [-0.15, -0.1) is 11.3 Å². The van der Waals surface area contributed by atoms with Crippen LogP contribution in [0.1, 0.15) is 36.0 Å². The van der Waals surface area contributed by atoms with E-state index in [1.54, 1.807) is 25.6 Å². The highest BCUT2D eigenvalue weighted by atomic mass is 32.1. The van der Waals surface area contributed by atoms with Crippen molar-refractivity contribution in [2.75, 3.05) is 34.4 Å². The summed E-state index contributed by atoms with van der Waals surface area (Å²) in [4.78, 5) is 11.4. The molecule has 1 aromatic heterocycles. The summed E-state index contributed by atoms with van der Waals surface area (Å²) in [7, 11) is 5.39. The summed E-state index contributed by atoms with van der Waals surface area (Å²) < 4.78 is 10.8. The van der Waals surface area contributed by atoms with Gasteiger partial charge in [0.25, 0.3) is 0 Å². The molecule has 1 heterocycles. The van der Waals surface area contributed by atoms with Crippen LogP contribution in [0.3, 0.4) is 0 Å². The number of benzene rings is 1. The van der Waals surface area contributed by atoms with Gasteiger partial charge in [-0.2, -0.15) is 0 Å². The third kappa shape index (κ3) is 6.71. The number of guanidine groups is 1. The number of ether oxygens (including phenoxy) is 2. The van der Waals surface area contributed by atoms with Crippen LogP contribution in [0.25, 0.3) is 0 Å². The first-order valence-corrected chi connectivity index (χ1v) is 10.6. The second kappa shape index (κ2) is 11.5. The monoisotopic (exact) mass is 404 g/mol. The van der Waals surface area contributed by atoms with E-state index in [9.17, 15) is 0 Å². The lowest BCUT2D eigenvalue weighted by molar-refractivity contribution is 0.382. The molecule has 0 fully saturated rings. The van der Waals surface area contributed by atoms with E-state index < -0.39 is 0 Å². The fourth-order valence-electron chi connectivity index (χ4n) is 2.87. The van der Waals surface area contributed by atoms with Crippen molar-refractivity contribution in [3.05, 3.63) is 39.8 Å². The molecule has 0 aliphatic rings. The van der Waals surface area contributed by atoms with Gasteiger partial charge >= 0.3 is 0 Å². The first-order chi connectivity index (χ1) is 13.6. The molecule has 0 radical (unpaired) electrons. The summed E-state index contributed by atoms with van der Waals surface area (Å²) in [5.41, 5.74) is 2.21. The molecule has 1 aromatic carbocycles. The highest BCUT2D eigenvalue weighted by molar-refractivity contribution is 7.09. The first kappa shape index (κ1) is 22.0. The summed E-state index contributed by atoms with van der Waals surface area (Å²) in [5, 5.41) is 6.70. The van der Waals surface area contributed by atoms with Gasteiger partial charge in [0.2, 0.25) is 0 Å². The number of nitrogens with zero attached hydrogens (tertiary/aromatic N) is 3. The van der Waals surface area contributed by atoms with Crippen molar-refractivity contribution in [2.24, 2.45) is 4.99 Å². The molecule has 2 aromatic rings. The van der Waals surface area contributed by atoms with Gasteiger partial charge in [-0.25, -0.2) is 4.98 Å². The van der Waals surface area contributed by atoms with Crippen LogP contribution in [0, 0.1) is 6.92 Å². The second-order valence-corrected chi connectivity index (χ2v) is 7.55. The normalized spacial score (nSPS) is 11.4. The quantitative estimate of drug-likeness (QED) is 0.370. The molecule has 0 saturated carbocycles. The van der Waals surface area contributed by atoms with E-state index in [-0.39, 0.29) is 0 Å². The van der Waals surface area contributed by atoms with Crippen molar-refractivity contribution in [3.63, 3.8) is 0 Å². The number of aliphatic imine (C=N–C) groups is 1. The Kier molecular flexibility index (Phi) is 9.07. The zero-order valence-electron chi connectivity index (χ0n) is 17.6. The van der Waals surface area contributed by atoms with E-state index in [0.29, 0.717) is 6.54 Å². The molecule has 28 heavy (non-hydrogen) atoms. The largest absolute Gasteiger partial charge is 0.497 e. The highest BCUT2D eigenvalue weighted by Crippen LogP contribution is 2.25. The summed E-state index contributed by atoms with van der Waals surface area (Å²) in [5.74, 6) is 2.52. The van der Waals surface area contributed by atoms with Crippen molar-refractivity contribution in [2.45, 2.75) is 39.7 Å². The average Bonchev–Trinajstić information content (AvgIpc) is 3.12. The molecule has 0 amide bonds. The Labute approximate surface area is 172 Å². The molecule has 6 nitrogen and oxygen atoms in total. The molecule has 0 aliphatic heterocycles. The molecule has 0 bridgehead atoms. The van der Waals surface area contributed by atoms with Crippen molar-refractivity contribution < 1.29 is 9.47 Å². The zero-order chi connectivity index (χ0) is 20.4. The predicted octanol–water partition coefficient (Wildman–Crippen LogP) is 3.89. The smallest absolute Gasteiger partial charge is 0.193 e. The molecule has 0 atom stereocenters. The number of thiazole rings is 1. The van der Waals surface area contributed by atoms with Gasteiger partial charge in [0.05, 0.1) is 19.2 Å². The highest BCUT2D eigenvalue weighted by Gasteiger charge is 2.11. The standard InChI is InChI=1S/C21H32N4O2S/c1-6-22-21(23-12-8-7-9-20-24-16(2)15-28-20)25(3)14-17-10-11-18(26-4)13-19(17)27-5/h10-11,13,15H,6-9,12,14H2,1-5H3,(H,22,23). The van der Waals surface area contributed by atoms with Crippen LogP contribution in [0.15, 0.2) is 28.6 Å². The number of hydrogen-bond donors (Lipinski definition) is 1. The van der Waals surface area contributed by atoms with E-state index in [0.717, 1.165) is 61.1 Å². The van der Waals surface area contributed by atoms with E-state index in [4.69, 9.17) is 14.5 Å². The van der Waals surface area contributed by atoms with Gasteiger partial charge in [0, 0.05) is 49.4 Å². The molecule has 7 heteroatoms. The Bertz CT molecular complexity index is 761. The molecule has 0 aliphatic carbocycles. The first-order valence-electron chi connectivity index (χ1n) is 9.68. The van der Waals surface area contributed by atoms with Crippen molar-refractivity contribution >= 4 is 17.3 Å². The van der Waals surface area contributed by atoms with Gasteiger partial charge in [-0.1, -0.05) is 0 Å². The van der Waals surface area contributed by atoms with Crippen molar-refractivity contribution in [3.8, 4) is 11.5 Å². The van der Waals surface area contributed by atoms with E-state index >= 15 is 0 Å². The molecule has 1 N–H and O–H groups in total. The van der Waals surface area contributed by atoms with Gasteiger partial charge in [0.15, 0.2) is 5.96 Å². The Morgan fingerprint density at radius 1 is 1.25 bits per heavy atom. The second-order valence-electron chi connectivity index (χ2n) is 6.61. The van der Waals surface area contributed by atoms with Crippen LogP contribution in [-0.4, -0.2) is 50.2 Å². The lowest BCUT2D eigenvalue weighted by Gasteiger charge is -2.23. The summed E-state index contributed by atoms with van der Waals surface area (Å²) in [6, 6.07) is 5.90. The Morgan fingerprint density at radius 3 is 2.71 bits per heavy atom. The minimum atomic E-state index is 0.706. The maximum atomic E-state index is 5.51. The SMILES string of the molecule is CCNC(=NCCCCc1nc(C)cs1)N(C)Cc1ccc(OC)cc1OC. The van der Waals surface area contributed by atoms with Gasteiger partial charge in [-0.3, -0.25) is 4.99 Å². The molecule has 154 valence electrons. The molecule has 0 spiro atoms. The van der Waals surface area contributed by atoms with Crippen LogP contribution >= 0.6 is 11.3 Å². The number of aryl methyl sites for hydroxylation is 2. The molecular weight excluding hydrogens is 372 g/mol. The molecule has 2 rings (SSSR count). The number of rotatable bonds is 10.